The first-order chi connectivity index (χ1) is 11.5. The van der Waals surface area contributed by atoms with Crippen LogP contribution in [0.25, 0.3) is 0 Å². The van der Waals surface area contributed by atoms with Crippen molar-refractivity contribution >= 4 is 40.0 Å². The zero-order valence-electron chi connectivity index (χ0n) is 13.1. The van der Waals surface area contributed by atoms with Gasteiger partial charge in [-0.2, -0.15) is 0 Å². The Morgan fingerprint density at radius 2 is 1.88 bits per heavy atom. The van der Waals surface area contributed by atoms with Gasteiger partial charge in [0.2, 0.25) is 6.10 Å². The van der Waals surface area contributed by atoms with Crippen molar-refractivity contribution in [2.45, 2.75) is 13.0 Å². The Bertz CT molecular complexity index is 690. The van der Waals surface area contributed by atoms with Crippen molar-refractivity contribution in [1.29, 1.82) is 0 Å². The number of hydrogen-bond donors (Lipinski definition) is 2. The van der Waals surface area contributed by atoms with Crippen molar-refractivity contribution in [3.8, 4) is 5.75 Å². The van der Waals surface area contributed by atoms with E-state index in [1.54, 1.807) is 6.92 Å². The van der Waals surface area contributed by atoms with Crippen LogP contribution in [0, 0.1) is 3.57 Å². The quantitative estimate of drug-likeness (QED) is 0.301. The van der Waals surface area contributed by atoms with Crippen molar-refractivity contribution in [3.05, 3.63) is 58.2 Å². The molecule has 0 bridgehead atoms. The standard InChI is InChI=1S/C17H18IN3O3/c1-12(17(22)20-14-9-7-13(18)8-10-14)24-21-16(19)11-23-15-5-3-2-4-6-15/h2-10,12H,11H2,1H3,(H2,19,21)(H,20,22). The molecule has 126 valence electrons. The largest absolute Gasteiger partial charge is 0.486 e. The fourth-order valence-electron chi connectivity index (χ4n) is 1.67. The van der Waals surface area contributed by atoms with Gasteiger partial charge in [0.1, 0.15) is 12.4 Å². The van der Waals surface area contributed by atoms with Gasteiger partial charge in [0, 0.05) is 9.26 Å². The lowest BCUT2D eigenvalue weighted by Gasteiger charge is -2.11. The maximum atomic E-state index is 12.0. The summed E-state index contributed by atoms with van der Waals surface area (Å²) >= 11 is 2.20. The van der Waals surface area contributed by atoms with E-state index in [2.05, 4.69) is 33.1 Å². The number of halogens is 1. The highest BCUT2D eigenvalue weighted by molar-refractivity contribution is 14.1. The van der Waals surface area contributed by atoms with Gasteiger partial charge >= 0.3 is 0 Å². The molecule has 0 aliphatic carbocycles. The number of oxime groups is 1. The van der Waals surface area contributed by atoms with Crippen LogP contribution in [0.3, 0.4) is 0 Å². The molecule has 3 N–H and O–H groups in total. The van der Waals surface area contributed by atoms with Crippen LogP contribution in [0.1, 0.15) is 6.92 Å². The number of hydrogen-bond acceptors (Lipinski definition) is 4. The second-order valence-corrected chi connectivity index (χ2v) is 6.17. The van der Waals surface area contributed by atoms with E-state index in [-0.39, 0.29) is 18.3 Å². The van der Waals surface area contributed by atoms with Crippen LogP contribution in [0.2, 0.25) is 0 Å². The van der Waals surface area contributed by atoms with E-state index in [4.69, 9.17) is 15.3 Å². The molecule has 1 amide bonds. The molecular formula is C17H18IN3O3. The molecule has 0 saturated carbocycles. The van der Waals surface area contributed by atoms with Crippen LogP contribution in [-0.2, 0) is 9.63 Å². The van der Waals surface area contributed by atoms with Gasteiger partial charge in [0.05, 0.1) is 0 Å². The molecule has 0 fully saturated rings. The maximum absolute atomic E-state index is 12.0. The number of para-hydroxylation sites is 1. The highest BCUT2D eigenvalue weighted by atomic mass is 127. The van der Waals surface area contributed by atoms with Gasteiger partial charge in [0.25, 0.3) is 5.91 Å². The normalized spacial score (nSPS) is 12.3. The molecule has 0 spiro atoms. The molecule has 6 nitrogen and oxygen atoms in total. The van der Waals surface area contributed by atoms with E-state index in [1.165, 1.54) is 0 Å². The van der Waals surface area contributed by atoms with Crippen molar-refractivity contribution in [2.75, 3.05) is 11.9 Å². The van der Waals surface area contributed by atoms with Crippen LogP contribution < -0.4 is 15.8 Å². The summed E-state index contributed by atoms with van der Waals surface area (Å²) in [6.07, 6.45) is -0.778. The smallest absolute Gasteiger partial charge is 0.267 e. The Morgan fingerprint density at radius 1 is 1.21 bits per heavy atom. The molecule has 0 saturated heterocycles. The summed E-state index contributed by atoms with van der Waals surface area (Å²) in [6, 6.07) is 16.7. The van der Waals surface area contributed by atoms with Crippen molar-refractivity contribution in [1.82, 2.24) is 0 Å². The molecular weight excluding hydrogens is 421 g/mol. The topological polar surface area (TPSA) is 85.9 Å². The third kappa shape index (κ3) is 6.07. The van der Waals surface area contributed by atoms with Gasteiger partial charge < -0.3 is 20.6 Å². The summed E-state index contributed by atoms with van der Waals surface area (Å²) in [5, 5.41) is 6.47. The first-order valence-electron chi connectivity index (χ1n) is 7.27. The van der Waals surface area contributed by atoms with Crippen molar-refractivity contribution in [3.63, 3.8) is 0 Å². The highest BCUT2D eigenvalue weighted by Gasteiger charge is 2.14. The zero-order valence-corrected chi connectivity index (χ0v) is 15.3. The third-order valence-electron chi connectivity index (χ3n) is 2.94. The first-order valence-corrected chi connectivity index (χ1v) is 8.35. The van der Waals surface area contributed by atoms with E-state index in [1.807, 2.05) is 54.6 Å². The second-order valence-electron chi connectivity index (χ2n) is 4.93. The van der Waals surface area contributed by atoms with E-state index in [0.29, 0.717) is 11.4 Å². The Balaban J connectivity index is 1.78. The van der Waals surface area contributed by atoms with Crippen LogP contribution in [-0.4, -0.2) is 24.5 Å². The fraction of sp³-hybridized carbons (Fsp3) is 0.176. The number of carbonyl (C=O) groups is 1. The SMILES string of the molecule is CC(O/N=C(/N)COc1ccccc1)C(=O)Nc1ccc(I)cc1. The lowest BCUT2D eigenvalue weighted by atomic mass is 10.3. The van der Waals surface area contributed by atoms with Gasteiger partial charge in [-0.05, 0) is 65.9 Å². The molecule has 2 aromatic rings. The summed E-state index contributed by atoms with van der Waals surface area (Å²) in [5.74, 6) is 0.518. The Labute approximate surface area is 154 Å². The van der Waals surface area contributed by atoms with Gasteiger partial charge in [-0.1, -0.05) is 23.4 Å². The average Bonchev–Trinajstić information content (AvgIpc) is 2.60. The van der Waals surface area contributed by atoms with Crippen LogP contribution in [0.15, 0.2) is 59.8 Å². The summed E-state index contributed by atoms with van der Waals surface area (Å²) < 4.78 is 6.52. The molecule has 0 aromatic heterocycles. The number of ether oxygens (including phenoxy) is 1. The Morgan fingerprint density at radius 3 is 2.54 bits per heavy atom. The number of carbonyl (C=O) groups excluding carboxylic acids is 1. The number of anilines is 1. The number of nitrogens with zero attached hydrogens (tertiary/aromatic N) is 1. The summed E-state index contributed by atoms with van der Waals surface area (Å²) in [6.45, 7) is 1.67. The fourth-order valence-corrected chi connectivity index (χ4v) is 2.03. The highest BCUT2D eigenvalue weighted by Crippen LogP contribution is 2.12. The number of nitrogens with two attached hydrogens (primary N) is 1. The first kappa shape index (κ1) is 18.1. The van der Waals surface area contributed by atoms with Gasteiger partial charge in [-0.15, -0.1) is 0 Å². The second kappa shape index (κ2) is 9.11. The Kier molecular flexibility index (Phi) is 6.86. The Hall–Kier alpha value is -2.29. The minimum absolute atomic E-state index is 0.0788. The predicted octanol–water partition coefficient (Wildman–Crippen LogP) is 2.99. The molecule has 0 aliphatic rings. The molecule has 1 unspecified atom stereocenters. The molecule has 1 atom stereocenters. The van der Waals surface area contributed by atoms with E-state index in [0.717, 1.165) is 3.57 Å². The molecule has 0 heterocycles. The van der Waals surface area contributed by atoms with Crippen molar-refractivity contribution < 1.29 is 14.4 Å². The van der Waals surface area contributed by atoms with Crippen LogP contribution >= 0.6 is 22.6 Å². The maximum Gasteiger partial charge on any atom is 0.267 e. The number of rotatable bonds is 7. The summed E-state index contributed by atoms with van der Waals surface area (Å²) in [7, 11) is 0. The number of amidine groups is 1. The van der Waals surface area contributed by atoms with E-state index in [9.17, 15) is 4.79 Å². The molecule has 7 heteroatoms. The number of amides is 1. The van der Waals surface area contributed by atoms with Gasteiger partial charge in [0.15, 0.2) is 5.84 Å². The van der Waals surface area contributed by atoms with Crippen molar-refractivity contribution in [2.24, 2.45) is 10.9 Å². The van der Waals surface area contributed by atoms with E-state index >= 15 is 0 Å². The zero-order chi connectivity index (χ0) is 17.4. The van der Waals surface area contributed by atoms with Crippen LogP contribution in [0.5, 0.6) is 5.75 Å². The molecule has 0 radical (unpaired) electrons. The van der Waals surface area contributed by atoms with Gasteiger partial charge in [-0.3, -0.25) is 4.79 Å². The van der Waals surface area contributed by atoms with Crippen LogP contribution in [0.4, 0.5) is 5.69 Å². The van der Waals surface area contributed by atoms with Gasteiger partial charge in [-0.25, -0.2) is 0 Å². The monoisotopic (exact) mass is 439 g/mol. The lowest BCUT2D eigenvalue weighted by molar-refractivity contribution is -0.126. The average molecular weight is 439 g/mol. The minimum Gasteiger partial charge on any atom is -0.486 e. The van der Waals surface area contributed by atoms with E-state index < -0.39 is 6.10 Å². The summed E-state index contributed by atoms with van der Waals surface area (Å²) in [4.78, 5) is 17.1. The predicted molar refractivity (Wildman–Crippen MR) is 102 cm³/mol. The molecule has 24 heavy (non-hydrogen) atoms. The summed E-state index contributed by atoms with van der Waals surface area (Å²) in [5.41, 5.74) is 6.40. The number of benzene rings is 2. The molecule has 2 rings (SSSR count). The minimum atomic E-state index is -0.778. The molecule has 0 aliphatic heterocycles. The lowest BCUT2D eigenvalue weighted by Crippen LogP contribution is -2.28. The molecule has 2 aromatic carbocycles. The third-order valence-corrected chi connectivity index (χ3v) is 3.66. The number of nitrogens with one attached hydrogen (secondary N) is 1.